The van der Waals surface area contributed by atoms with Crippen LogP contribution in [0.4, 0.5) is 0 Å². The van der Waals surface area contributed by atoms with E-state index >= 15 is 0 Å². The summed E-state index contributed by atoms with van der Waals surface area (Å²) in [5.74, 6) is -1.82. The molecule has 0 aromatic rings. The maximum absolute atomic E-state index is 10.8. The van der Waals surface area contributed by atoms with E-state index in [0.717, 1.165) is 0 Å². The number of hydrogen-bond acceptors (Lipinski definition) is 4. The van der Waals surface area contributed by atoms with Crippen LogP contribution in [0.1, 0.15) is 20.3 Å². The molecular formula is C8H13NO4. The van der Waals surface area contributed by atoms with Crippen LogP contribution in [0.15, 0.2) is 0 Å². The van der Waals surface area contributed by atoms with Gasteiger partial charge in [-0.25, -0.2) is 0 Å². The molecule has 0 fully saturated rings. The summed E-state index contributed by atoms with van der Waals surface area (Å²) < 4.78 is 4.54. The van der Waals surface area contributed by atoms with Crippen LogP contribution in [0.25, 0.3) is 0 Å². The molecule has 0 aromatic carbocycles. The molecule has 0 heterocycles. The standard InChI is InChI=1S/C8H13NO4/c1-3-6(10)8(12)9-5-7(11)13-4-2/h3-5H2,1-2H3,(H,9,12). The van der Waals surface area contributed by atoms with Gasteiger partial charge in [-0.2, -0.15) is 0 Å². The summed E-state index contributed by atoms with van der Waals surface area (Å²) >= 11 is 0. The topological polar surface area (TPSA) is 72.5 Å². The molecule has 5 nitrogen and oxygen atoms in total. The smallest absolute Gasteiger partial charge is 0.325 e. The van der Waals surface area contributed by atoms with Gasteiger partial charge in [-0.05, 0) is 6.92 Å². The second-order valence-electron chi connectivity index (χ2n) is 2.26. The Morgan fingerprint density at radius 3 is 2.31 bits per heavy atom. The number of esters is 1. The Kier molecular flexibility index (Phi) is 5.50. The van der Waals surface area contributed by atoms with Gasteiger partial charge in [0, 0.05) is 6.42 Å². The van der Waals surface area contributed by atoms with Gasteiger partial charge < -0.3 is 10.1 Å². The summed E-state index contributed by atoms with van der Waals surface area (Å²) in [5, 5.41) is 2.15. The molecule has 0 spiro atoms. The van der Waals surface area contributed by atoms with Crippen molar-refractivity contribution in [3.8, 4) is 0 Å². The van der Waals surface area contributed by atoms with Gasteiger partial charge in [0.05, 0.1) is 6.61 Å². The molecule has 0 bridgehead atoms. The first kappa shape index (κ1) is 11.6. The lowest BCUT2D eigenvalue weighted by atomic mass is 10.3. The first-order chi connectivity index (χ1) is 6.11. The quantitative estimate of drug-likeness (QED) is 0.471. The molecule has 0 saturated heterocycles. The third kappa shape index (κ3) is 4.95. The van der Waals surface area contributed by atoms with Gasteiger partial charge in [-0.15, -0.1) is 0 Å². The summed E-state index contributed by atoms with van der Waals surface area (Å²) in [4.78, 5) is 32.2. The molecule has 1 amide bonds. The van der Waals surface area contributed by atoms with Crippen molar-refractivity contribution in [3.63, 3.8) is 0 Å². The van der Waals surface area contributed by atoms with Gasteiger partial charge in [-0.3, -0.25) is 14.4 Å². The molecule has 0 saturated carbocycles. The van der Waals surface area contributed by atoms with Crippen LogP contribution in [-0.2, 0) is 19.1 Å². The van der Waals surface area contributed by atoms with Crippen molar-refractivity contribution in [1.82, 2.24) is 5.32 Å². The van der Waals surface area contributed by atoms with E-state index in [1.54, 1.807) is 13.8 Å². The summed E-state index contributed by atoms with van der Waals surface area (Å²) in [7, 11) is 0. The highest BCUT2D eigenvalue weighted by Gasteiger charge is 2.11. The normalized spacial score (nSPS) is 9.08. The van der Waals surface area contributed by atoms with Crippen molar-refractivity contribution in [2.75, 3.05) is 13.2 Å². The maximum Gasteiger partial charge on any atom is 0.325 e. The number of amides is 1. The van der Waals surface area contributed by atoms with E-state index in [9.17, 15) is 14.4 Å². The predicted octanol–water partition coefficient (Wildman–Crippen LogP) is -0.355. The zero-order valence-corrected chi connectivity index (χ0v) is 7.75. The highest BCUT2D eigenvalue weighted by molar-refractivity contribution is 6.36. The summed E-state index contributed by atoms with van der Waals surface area (Å²) in [6.07, 6.45) is 0.134. The van der Waals surface area contributed by atoms with Crippen LogP contribution >= 0.6 is 0 Å². The van der Waals surface area contributed by atoms with E-state index in [1.165, 1.54) is 0 Å². The Morgan fingerprint density at radius 2 is 1.85 bits per heavy atom. The first-order valence-corrected chi connectivity index (χ1v) is 4.08. The number of nitrogens with one attached hydrogen (secondary N) is 1. The average Bonchev–Trinajstić information content (AvgIpc) is 2.13. The van der Waals surface area contributed by atoms with E-state index in [1.807, 2.05) is 0 Å². The highest BCUT2D eigenvalue weighted by atomic mass is 16.5. The Labute approximate surface area is 76.4 Å². The van der Waals surface area contributed by atoms with Gasteiger partial charge in [0.15, 0.2) is 0 Å². The molecule has 0 aliphatic rings. The lowest BCUT2D eigenvalue weighted by Gasteiger charge is -2.02. The molecule has 0 aliphatic carbocycles. The predicted molar refractivity (Wildman–Crippen MR) is 44.9 cm³/mol. The number of ether oxygens (including phenoxy) is 1. The van der Waals surface area contributed by atoms with Crippen LogP contribution in [-0.4, -0.2) is 30.8 Å². The molecule has 13 heavy (non-hydrogen) atoms. The fourth-order valence-electron chi connectivity index (χ4n) is 0.624. The van der Waals surface area contributed by atoms with Gasteiger partial charge in [0.25, 0.3) is 5.91 Å². The van der Waals surface area contributed by atoms with Crippen molar-refractivity contribution < 1.29 is 19.1 Å². The number of hydrogen-bond donors (Lipinski definition) is 1. The molecule has 1 N–H and O–H groups in total. The molecule has 0 unspecified atom stereocenters. The molecule has 0 radical (unpaired) electrons. The minimum Gasteiger partial charge on any atom is -0.465 e. The number of carbonyl (C=O) groups is 3. The van der Waals surface area contributed by atoms with Gasteiger partial charge in [-0.1, -0.05) is 6.92 Å². The molecule has 0 atom stereocenters. The average molecular weight is 187 g/mol. The van der Waals surface area contributed by atoms with E-state index in [0.29, 0.717) is 0 Å². The molecule has 5 heteroatoms. The van der Waals surface area contributed by atoms with Crippen molar-refractivity contribution in [2.24, 2.45) is 0 Å². The summed E-state index contributed by atoms with van der Waals surface area (Å²) in [6.45, 7) is 3.25. The van der Waals surface area contributed by atoms with E-state index in [4.69, 9.17) is 0 Å². The van der Waals surface area contributed by atoms with E-state index < -0.39 is 17.7 Å². The number of rotatable bonds is 5. The van der Waals surface area contributed by atoms with Crippen LogP contribution < -0.4 is 5.32 Å². The second-order valence-corrected chi connectivity index (χ2v) is 2.26. The van der Waals surface area contributed by atoms with E-state index in [2.05, 4.69) is 10.1 Å². The fraction of sp³-hybridized carbons (Fsp3) is 0.625. The Hall–Kier alpha value is -1.39. The van der Waals surface area contributed by atoms with Crippen LogP contribution in [0.5, 0.6) is 0 Å². The molecule has 0 aromatic heterocycles. The second kappa shape index (κ2) is 6.16. The zero-order chi connectivity index (χ0) is 10.3. The number of carbonyl (C=O) groups excluding carboxylic acids is 3. The number of ketones is 1. The number of Topliss-reactive ketones (excluding diaryl/α,β-unsaturated/α-hetero) is 1. The Bertz CT molecular complexity index is 212. The van der Waals surface area contributed by atoms with Crippen molar-refractivity contribution in [1.29, 1.82) is 0 Å². The van der Waals surface area contributed by atoms with E-state index in [-0.39, 0.29) is 19.6 Å². The maximum atomic E-state index is 10.8. The van der Waals surface area contributed by atoms with Gasteiger partial charge in [0.1, 0.15) is 6.54 Å². The monoisotopic (exact) mass is 187 g/mol. The van der Waals surface area contributed by atoms with Crippen LogP contribution in [0.3, 0.4) is 0 Å². The summed E-state index contributed by atoms with van der Waals surface area (Å²) in [6, 6.07) is 0. The third-order valence-corrected chi connectivity index (χ3v) is 1.27. The minimum absolute atomic E-state index is 0.134. The fourth-order valence-corrected chi connectivity index (χ4v) is 0.624. The zero-order valence-electron chi connectivity index (χ0n) is 7.75. The summed E-state index contributed by atoms with van der Waals surface area (Å²) in [5.41, 5.74) is 0. The van der Waals surface area contributed by atoms with Gasteiger partial charge in [0.2, 0.25) is 5.78 Å². The molecule has 0 aliphatic heterocycles. The lowest BCUT2D eigenvalue weighted by molar-refractivity contribution is -0.144. The largest absolute Gasteiger partial charge is 0.465 e. The first-order valence-electron chi connectivity index (χ1n) is 4.08. The Morgan fingerprint density at radius 1 is 1.23 bits per heavy atom. The highest BCUT2D eigenvalue weighted by Crippen LogP contribution is 1.81. The molecular weight excluding hydrogens is 174 g/mol. The minimum atomic E-state index is -0.740. The SMILES string of the molecule is CCOC(=O)CNC(=O)C(=O)CC. The third-order valence-electron chi connectivity index (χ3n) is 1.27. The molecule has 74 valence electrons. The Balaban J connectivity index is 3.70. The van der Waals surface area contributed by atoms with Crippen molar-refractivity contribution in [2.45, 2.75) is 20.3 Å². The molecule has 0 rings (SSSR count). The van der Waals surface area contributed by atoms with Crippen molar-refractivity contribution in [3.05, 3.63) is 0 Å². The van der Waals surface area contributed by atoms with Crippen LogP contribution in [0, 0.1) is 0 Å². The van der Waals surface area contributed by atoms with Crippen molar-refractivity contribution >= 4 is 17.7 Å². The van der Waals surface area contributed by atoms with Crippen LogP contribution in [0.2, 0.25) is 0 Å². The lowest BCUT2D eigenvalue weighted by Crippen LogP contribution is -2.35. The van der Waals surface area contributed by atoms with Gasteiger partial charge >= 0.3 is 5.97 Å².